The first-order valence-corrected chi connectivity index (χ1v) is 9.86. The van der Waals surface area contributed by atoms with Crippen LogP contribution in [-0.4, -0.2) is 19.2 Å². The van der Waals surface area contributed by atoms with Crippen molar-refractivity contribution in [2.45, 2.75) is 6.61 Å². The Kier molecular flexibility index (Phi) is 7.27. The number of nitrogens with one attached hydrogen (secondary N) is 1. The lowest BCUT2D eigenvalue weighted by atomic mass is 10.2. The van der Waals surface area contributed by atoms with E-state index in [2.05, 4.69) is 26.5 Å². The van der Waals surface area contributed by atoms with Crippen molar-refractivity contribution >= 4 is 39.7 Å². The molecule has 7 heteroatoms. The molecule has 0 aromatic heterocycles. The zero-order valence-electron chi connectivity index (χ0n) is 15.6. The van der Waals surface area contributed by atoms with Crippen LogP contribution in [-0.2, 0) is 6.61 Å². The van der Waals surface area contributed by atoms with Crippen molar-refractivity contribution in [2.24, 2.45) is 5.10 Å². The third kappa shape index (κ3) is 6.07. The molecule has 0 atom stereocenters. The summed E-state index contributed by atoms with van der Waals surface area (Å²) >= 11 is 9.27. The van der Waals surface area contributed by atoms with E-state index in [0.717, 1.165) is 15.6 Å². The number of hydrogen-bond acceptors (Lipinski definition) is 4. The van der Waals surface area contributed by atoms with E-state index in [1.54, 1.807) is 31.4 Å². The maximum Gasteiger partial charge on any atom is 0.271 e. The maximum absolute atomic E-state index is 12.3. The van der Waals surface area contributed by atoms with Crippen molar-refractivity contribution < 1.29 is 14.3 Å². The molecule has 0 fully saturated rings. The second-order valence-corrected chi connectivity index (χ2v) is 7.38. The van der Waals surface area contributed by atoms with Crippen LogP contribution in [0.1, 0.15) is 21.5 Å². The number of carbonyl (C=O) groups excluding carboxylic acids is 1. The van der Waals surface area contributed by atoms with Crippen molar-refractivity contribution in [3.05, 3.63) is 92.9 Å². The molecule has 3 aromatic rings. The molecule has 1 N–H and O–H groups in total. The average molecular weight is 474 g/mol. The molecule has 0 saturated carbocycles. The van der Waals surface area contributed by atoms with Crippen molar-refractivity contribution in [3.8, 4) is 11.5 Å². The molecule has 3 aromatic carbocycles. The zero-order chi connectivity index (χ0) is 20.6. The molecule has 1 amide bonds. The predicted octanol–water partition coefficient (Wildman–Crippen LogP) is 5.45. The van der Waals surface area contributed by atoms with Gasteiger partial charge in [0.05, 0.1) is 13.3 Å². The van der Waals surface area contributed by atoms with Crippen molar-refractivity contribution in [2.75, 3.05) is 7.11 Å². The van der Waals surface area contributed by atoms with Gasteiger partial charge in [0.1, 0.15) is 18.1 Å². The number of nitrogens with zero attached hydrogens (tertiary/aromatic N) is 1. The first kappa shape index (κ1) is 20.9. The Hall–Kier alpha value is -2.83. The molecule has 3 rings (SSSR count). The van der Waals surface area contributed by atoms with Crippen LogP contribution in [0.4, 0.5) is 0 Å². The number of halogens is 2. The quantitative estimate of drug-likeness (QED) is 0.366. The molecular formula is C22H18BrClN2O3. The lowest BCUT2D eigenvalue weighted by Crippen LogP contribution is -2.17. The van der Waals surface area contributed by atoms with Gasteiger partial charge in [0.25, 0.3) is 5.91 Å². The van der Waals surface area contributed by atoms with Gasteiger partial charge >= 0.3 is 0 Å². The summed E-state index contributed by atoms with van der Waals surface area (Å²) in [6.45, 7) is 0.418. The van der Waals surface area contributed by atoms with Crippen LogP contribution in [0.5, 0.6) is 11.5 Å². The van der Waals surface area contributed by atoms with Gasteiger partial charge in [0.15, 0.2) is 0 Å². The van der Waals surface area contributed by atoms with Gasteiger partial charge in [-0.05, 0) is 60.2 Å². The number of carbonyl (C=O) groups is 1. The van der Waals surface area contributed by atoms with Crippen molar-refractivity contribution in [3.63, 3.8) is 0 Å². The van der Waals surface area contributed by atoms with Gasteiger partial charge in [-0.3, -0.25) is 4.79 Å². The fraction of sp³-hybridized carbons (Fsp3) is 0.0909. The Morgan fingerprint density at radius 2 is 1.83 bits per heavy atom. The second-order valence-electron chi connectivity index (χ2n) is 6.02. The summed E-state index contributed by atoms with van der Waals surface area (Å²) in [4.78, 5) is 12.3. The molecule has 148 valence electrons. The minimum Gasteiger partial charge on any atom is -0.496 e. The van der Waals surface area contributed by atoms with Crippen LogP contribution >= 0.6 is 27.5 Å². The minimum atomic E-state index is -0.320. The van der Waals surface area contributed by atoms with E-state index >= 15 is 0 Å². The van der Waals surface area contributed by atoms with Gasteiger partial charge in [0, 0.05) is 20.6 Å². The molecule has 0 radical (unpaired) electrons. The van der Waals surface area contributed by atoms with Crippen molar-refractivity contribution in [1.29, 1.82) is 0 Å². The highest BCUT2D eigenvalue weighted by Crippen LogP contribution is 2.21. The monoisotopic (exact) mass is 472 g/mol. The summed E-state index contributed by atoms with van der Waals surface area (Å²) in [6.07, 6.45) is 1.53. The van der Waals surface area contributed by atoms with Crippen LogP contribution < -0.4 is 14.9 Å². The van der Waals surface area contributed by atoms with Gasteiger partial charge in [0.2, 0.25) is 0 Å². The van der Waals surface area contributed by atoms with Gasteiger partial charge in [-0.2, -0.15) is 5.10 Å². The van der Waals surface area contributed by atoms with Gasteiger partial charge in [-0.1, -0.05) is 39.7 Å². The summed E-state index contributed by atoms with van der Waals surface area (Å²) in [6, 6.07) is 19.8. The third-order valence-electron chi connectivity index (χ3n) is 4.00. The molecule has 0 unspecified atom stereocenters. The fourth-order valence-electron chi connectivity index (χ4n) is 2.48. The number of benzene rings is 3. The van der Waals surface area contributed by atoms with E-state index in [0.29, 0.717) is 28.7 Å². The SMILES string of the molecule is COc1ccc(Br)cc1/C=N/NC(=O)c1ccc(OCc2ccc(Cl)cc2)cc1. The number of ether oxygens (including phenoxy) is 2. The van der Waals surface area contributed by atoms with E-state index in [9.17, 15) is 4.79 Å². The Labute approximate surface area is 182 Å². The Balaban J connectivity index is 1.56. The number of rotatable bonds is 7. The Morgan fingerprint density at radius 3 is 2.52 bits per heavy atom. The van der Waals surface area contributed by atoms with Crippen LogP contribution in [0.15, 0.2) is 76.3 Å². The summed E-state index contributed by atoms with van der Waals surface area (Å²) in [7, 11) is 1.58. The second kappa shape index (κ2) is 10.1. The highest BCUT2D eigenvalue weighted by Gasteiger charge is 2.06. The standard InChI is InChI=1S/C22H18BrClN2O3/c1-28-21-11-6-18(23)12-17(21)13-25-26-22(27)16-4-9-20(10-5-16)29-14-15-2-7-19(24)8-3-15/h2-13H,14H2,1H3,(H,26,27)/b25-13+. The normalized spacial score (nSPS) is 10.7. The molecule has 0 aliphatic heterocycles. The summed E-state index contributed by atoms with van der Waals surface area (Å²) in [5, 5.41) is 4.69. The number of methoxy groups -OCH3 is 1. The van der Waals surface area contributed by atoms with E-state index in [1.165, 1.54) is 6.21 Å². The van der Waals surface area contributed by atoms with Crippen LogP contribution in [0.25, 0.3) is 0 Å². The first-order chi connectivity index (χ1) is 14.0. The summed E-state index contributed by atoms with van der Waals surface area (Å²) in [5.74, 6) is 1.01. The van der Waals surface area contributed by atoms with E-state index in [4.69, 9.17) is 21.1 Å². The predicted molar refractivity (Wildman–Crippen MR) is 118 cm³/mol. The molecule has 29 heavy (non-hydrogen) atoms. The minimum absolute atomic E-state index is 0.320. The number of hydrazone groups is 1. The summed E-state index contributed by atoms with van der Waals surface area (Å²) in [5.41, 5.74) is 4.73. The maximum atomic E-state index is 12.3. The molecule has 0 heterocycles. The van der Waals surface area contributed by atoms with E-state index in [1.807, 2.05) is 42.5 Å². The molecule has 0 bridgehead atoms. The lowest BCUT2D eigenvalue weighted by Gasteiger charge is -2.07. The van der Waals surface area contributed by atoms with Crippen molar-refractivity contribution in [1.82, 2.24) is 5.43 Å². The molecule has 5 nitrogen and oxygen atoms in total. The Bertz CT molecular complexity index is 1010. The molecule has 0 aliphatic carbocycles. The van der Waals surface area contributed by atoms with E-state index in [-0.39, 0.29) is 5.91 Å². The topological polar surface area (TPSA) is 59.9 Å². The van der Waals surface area contributed by atoms with Gasteiger partial charge in [-0.15, -0.1) is 0 Å². The van der Waals surface area contributed by atoms with Crippen LogP contribution in [0, 0.1) is 0 Å². The number of amides is 1. The largest absolute Gasteiger partial charge is 0.496 e. The fourth-order valence-corrected chi connectivity index (χ4v) is 2.99. The average Bonchev–Trinajstić information content (AvgIpc) is 2.74. The number of hydrogen-bond donors (Lipinski definition) is 1. The Morgan fingerprint density at radius 1 is 1.10 bits per heavy atom. The highest BCUT2D eigenvalue weighted by molar-refractivity contribution is 9.10. The van der Waals surface area contributed by atoms with E-state index < -0.39 is 0 Å². The molecule has 0 aliphatic rings. The first-order valence-electron chi connectivity index (χ1n) is 8.69. The highest BCUT2D eigenvalue weighted by atomic mass is 79.9. The molecule has 0 saturated heterocycles. The zero-order valence-corrected chi connectivity index (χ0v) is 17.9. The van der Waals surface area contributed by atoms with Gasteiger partial charge in [-0.25, -0.2) is 5.43 Å². The molecular weight excluding hydrogens is 456 g/mol. The van der Waals surface area contributed by atoms with Gasteiger partial charge < -0.3 is 9.47 Å². The lowest BCUT2D eigenvalue weighted by molar-refractivity contribution is 0.0955. The smallest absolute Gasteiger partial charge is 0.271 e. The third-order valence-corrected chi connectivity index (χ3v) is 4.74. The summed E-state index contributed by atoms with van der Waals surface area (Å²) < 4.78 is 11.9. The van der Waals surface area contributed by atoms with Crippen LogP contribution in [0.3, 0.4) is 0 Å². The molecule has 0 spiro atoms. The van der Waals surface area contributed by atoms with Crippen LogP contribution in [0.2, 0.25) is 5.02 Å².